The average Bonchev–Trinajstić information content (AvgIpc) is 2.77. The van der Waals surface area contributed by atoms with Gasteiger partial charge in [-0.2, -0.15) is 0 Å². The van der Waals surface area contributed by atoms with Gasteiger partial charge in [0.05, 0.1) is 6.04 Å². The van der Waals surface area contributed by atoms with E-state index in [0.29, 0.717) is 24.7 Å². The van der Waals surface area contributed by atoms with Crippen molar-refractivity contribution in [2.24, 2.45) is 0 Å². The van der Waals surface area contributed by atoms with Crippen LogP contribution in [-0.2, 0) is 9.59 Å². The second-order valence-corrected chi connectivity index (χ2v) is 7.14. The summed E-state index contributed by atoms with van der Waals surface area (Å²) < 4.78 is 0. The Bertz CT molecular complexity index is 726. The van der Waals surface area contributed by atoms with Crippen molar-refractivity contribution in [3.63, 3.8) is 0 Å². The molecule has 2 aliphatic heterocycles. The molecule has 1 aromatic rings. The number of urea groups is 1. The van der Waals surface area contributed by atoms with Gasteiger partial charge in [0.15, 0.2) is 0 Å². The van der Waals surface area contributed by atoms with Crippen LogP contribution in [0.3, 0.4) is 0 Å². The van der Waals surface area contributed by atoms with E-state index in [0.717, 1.165) is 5.56 Å². The van der Waals surface area contributed by atoms with Crippen LogP contribution >= 0.6 is 24.0 Å². The summed E-state index contributed by atoms with van der Waals surface area (Å²) in [7, 11) is 0. The van der Waals surface area contributed by atoms with Crippen LogP contribution in [0, 0.1) is 0 Å². The van der Waals surface area contributed by atoms with Gasteiger partial charge in [-0.1, -0.05) is 29.8 Å². The summed E-state index contributed by atoms with van der Waals surface area (Å²) in [6.07, 6.45) is 0. The van der Waals surface area contributed by atoms with Crippen molar-refractivity contribution in [1.29, 1.82) is 0 Å². The molecular weight excluding hydrogens is 379 g/mol. The summed E-state index contributed by atoms with van der Waals surface area (Å²) in [5, 5.41) is 6.13. The number of nitrogens with one attached hydrogen (secondary N) is 2. The molecule has 0 radical (unpaired) electrons. The topological polar surface area (TPSA) is 81.8 Å². The minimum absolute atomic E-state index is 0. The third-order valence-corrected chi connectivity index (χ3v) is 5.16. The molecule has 0 saturated carbocycles. The molecule has 0 spiro atoms. The van der Waals surface area contributed by atoms with Gasteiger partial charge in [0.1, 0.15) is 12.1 Å². The van der Waals surface area contributed by atoms with Crippen molar-refractivity contribution in [2.45, 2.75) is 25.4 Å². The van der Waals surface area contributed by atoms with Crippen molar-refractivity contribution < 1.29 is 14.4 Å². The number of piperazine rings is 1. The number of carbonyl (C=O) groups is 3. The lowest BCUT2D eigenvalue weighted by Gasteiger charge is -2.38. The Kier molecular flexibility index (Phi) is 6.16. The lowest BCUT2D eigenvalue weighted by Crippen LogP contribution is -2.54. The van der Waals surface area contributed by atoms with Crippen LogP contribution in [0.1, 0.15) is 25.5 Å². The monoisotopic (exact) mass is 400 g/mol. The highest BCUT2D eigenvalue weighted by Crippen LogP contribution is 2.29. The number of carbonyl (C=O) groups excluding carboxylic acids is 3. The van der Waals surface area contributed by atoms with Gasteiger partial charge in [0, 0.05) is 24.7 Å². The van der Waals surface area contributed by atoms with Gasteiger partial charge in [0.25, 0.3) is 5.91 Å². The molecule has 26 heavy (non-hydrogen) atoms. The summed E-state index contributed by atoms with van der Waals surface area (Å²) in [6, 6.07) is 6.68. The number of benzene rings is 1. The maximum atomic E-state index is 12.9. The molecular formula is C17H22Cl2N4O3. The fourth-order valence-electron chi connectivity index (χ4n) is 3.22. The zero-order valence-corrected chi connectivity index (χ0v) is 16.2. The van der Waals surface area contributed by atoms with Crippen LogP contribution in [0.4, 0.5) is 4.79 Å². The molecule has 2 aliphatic rings. The van der Waals surface area contributed by atoms with Crippen LogP contribution in [0.5, 0.6) is 0 Å². The van der Waals surface area contributed by atoms with E-state index in [2.05, 4.69) is 10.6 Å². The Hall–Kier alpha value is -1.83. The fourth-order valence-corrected chi connectivity index (χ4v) is 3.48. The highest BCUT2D eigenvalue weighted by molar-refractivity contribution is 6.31. The second-order valence-electron chi connectivity index (χ2n) is 6.73. The van der Waals surface area contributed by atoms with Crippen molar-refractivity contribution in [1.82, 2.24) is 20.4 Å². The maximum Gasteiger partial charge on any atom is 0.325 e. The van der Waals surface area contributed by atoms with Crippen molar-refractivity contribution in [2.75, 3.05) is 26.2 Å². The standard InChI is InChI=1S/C17H21ClN4O3.ClH/c1-17(2)15(24)20-16(25)22(17)10-14(23)21-8-7-19-9-13(21)11-5-3-4-6-12(11)18;/h3-6,13,19H,7-10H2,1-2H3,(H,20,24,25);1H. The Labute approximate surface area is 163 Å². The Balaban J connectivity index is 0.00000243. The molecule has 2 saturated heterocycles. The molecule has 142 valence electrons. The highest BCUT2D eigenvalue weighted by atomic mass is 35.5. The lowest BCUT2D eigenvalue weighted by molar-refractivity contribution is -0.136. The summed E-state index contributed by atoms with van der Waals surface area (Å²) in [4.78, 5) is 39.8. The Morgan fingerprint density at radius 3 is 2.62 bits per heavy atom. The molecule has 1 atom stereocenters. The average molecular weight is 401 g/mol. The number of rotatable bonds is 3. The first-order valence-corrected chi connectivity index (χ1v) is 8.58. The van der Waals surface area contributed by atoms with Gasteiger partial charge in [-0.3, -0.25) is 14.9 Å². The van der Waals surface area contributed by atoms with E-state index in [9.17, 15) is 14.4 Å². The third-order valence-electron chi connectivity index (χ3n) is 4.82. The number of nitrogens with zero attached hydrogens (tertiary/aromatic N) is 2. The fraction of sp³-hybridized carbons (Fsp3) is 0.471. The summed E-state index contributed by atoms with van der Waals surface area (Å²) in [5.74, 6) is -0.599. The molecule has 0 aromatic heterocycles. The second kappa shape index (κ2) is 7.82. The zero-order valence-electron chi connectivity index (χ0n) is 14.6. The first kappa shape index (κ1) is 20.5. The van der Waals surface area contributed by atoms with E-state index >= 15 is 0 Å². The SMILES string of the molecule is CC1(C)C(=O)NC(=O)N1CC(=O)N1CCNCC1c1ccccc1Cl.Cl. The quantitative estimate of drug-likeness (QED) is 0.754. The first-order valence-electron chi connectivity index (χ1n) is 8.20. The van der Waals surface area contributed by atoms with Crippen LogP contribution in [0.15, 0.2) is 24.3 Å². The molecule has 2 N–H and O–H groups in total. The molecule has 4 amide bonds. The summed E-state index contributed by atoms with van der Waals surface area (Å²) >= 11 is 6.30. The van der Waals surface area contributed by atoms with Gasteiger partial charge in [-0.25, -0.2) is 4.79 Å². The molecule has 0 aliphatic carbocycles. The van der Waals surface area contributed by atoms with Crippen LogP contribution < -0.4 is 10.6 Å². The number of hydrogen-bond donors (Lipinski definition) is 2. The van der Waals surface area contributed by atoms with Crippen molar-refractivity contribution in [3.8, 4) is 0 Å². The van der Waals surface area contributed by atoms with E-state index < -0.39 is 17.5 Å². The summed E-state index contributed by atoms with van der Waals surface area (Å²) in [5.41, 5.74) is -0.174. The minimum Gasteiger partial charge on any atom is -0.331 e. The van der Waals surface area contributed by atoms with Crippen LogP contribution in [-0.4, -0.2) is 59.4 Å². The largest absolute Gasteiger partial charge is 0.331 e. The van der Waals surface area contributed by atoms with E-state index in [4.69, 9.17) is 11.6 Å². The van der Waals surface area contributed by atoms with Gasteiger partial charge < -0.3 is 15.1 Å². The van der Waals surface area contributed by atoms with Gasteiger partial charge in [-0.15, -0.1) is 12.4 Å². The number of hydrogen-bond acceptors (Lipinski definition) is 4. The predicted molar refractivity (Wildman–Crippen MR) is 100 cm³/mol. The molecule has 3 rings (SSSR count). The highest BCUT2D eigenvalue weighted by Gasteiger charge is 2.47. The Morgan fingerprint density at radius 1 is 1.31 bits per heavy atom. The van der Waals surface area contributed by atoms with Crippen LogP contribution in [0.25, 0.3) is 0 Å². The van der Waals surface area contributed by atoms with Gasteiger partial charge in [-0.05, 0) is 25.5 Å². The molecule has 7 nitrogen and oxygen atoms in total. The maximum absolute atomic E-state index is 12.9. The van der Waals surface area contributed by atoms with E-state index in [-0.39, 0.29) is 30.9 Å². The van der Waals surface area contributed by atoms with E-state index in [1.54, 1.807) is 24.8 Å². The summed E-state index contributed by atoms with van der Waals surface area (Å²) in [6.45, 7) is 4.88. The van der Waals surface area contributed by atoms with Gasteiger partial charge in [0.2, 0.25) is 5.91 Å². The molecule has 9 heteroatoms. The predicted octanol–water partition coefficient (Wildman–Crippen LogP) is 1.57. The van der Waals surface area contributed by atoms with E-state index in [1.807, 2.05) is 18.2 Å². The zero-order chi connectivity index (χ0) is 18.2. The number of amides is 4. The van der Waals surface area contributed by atoms with Gasteiger partial charge >= 0.3 is 6.03 Å². The third kappa shape index (κ3) is 3.65. The lowest BCUT2D eigenvalue weighted by atomic mass is 10.0. The molecule has 1 aromatic carbocycles. The normalized spacial score (nSPS) is 22.0. The van der Waals surface area contributed by atoms with Crippen molar-refractivity contribution in [3.05, 3.63) is 34.9 Å². The van der Waals surface area contributed by atoms with Crippen LogP contribution in [0.2, 0.25) is 5.02 Å². The Morgan fingerprint density at radius 2 is 2.00 bits per heavy atom. The molecule has 2 heterocycles. The van der Waals surface area contributed by atoms with E-state index in [1.165, 1.54) is 4.90 Å². The first-order chi connectivity index (χ1) is 11.8. The van der Waals surface area contributed by atoms with Crippen molar-refractivity contribution >= 4 is 41.9 Å². The number of imide groups is 1. The minimum atomic E-state index is -1.04. The molecule has 0 bridgehead atoms. The molecule has 2 fully saturated rings. The number of halogens is 2. The molecule has 1 unspecified atom stereocenters. The smallest absolute Gasteiger partial charge is 0.325 e.